The summed E-state index contributed by atoms with van der Waals surface area (Å²) in [6.45, 7) is 15.8. The van der Waals surface area contributed by atoms with E-state index in [1.165, 1.54) is 6.92 Å². The predicted octanol–water partition coefficient (Wildman–Crippen LogP) is -0.00360. The Morgan fingerprint density at radius 3 is 1.97 bits per heavy atom. The molecule has 8 aliphatic rings. The number of aliphatic hydroxyl groups excluding tert-OH is 11. The summed E-state index contributed by atoms with van der Waals surface area (Å²) in [5.41, 5.74) is -0.817. The molecular weight excluding hydrogens is 865 g/mol. The summed E-state index contributed by atoms with van der Waals surface area (Å²) in [6, 6.07) is 0. The summed E-state index contributed by atoms with van der Waals surface area (Å²) < 4.78 is 34.7. The summed E-state index contributed by atoms with van der Waals surface area (Å²) >= 11 is 0. The second kappa shape index (κ2) is 18.3. The van der Waals surface area contributed by atoms with Gasteiger partial charge < -0.3 is 84.6 Å². The Balaban J connectivity index is 0.965. The van der Waals surface area contributed by atoms with Crippen LogP contribution in [0.1, 0.15) is 106 Å². The molecule has 26 atom stereocenters. The lowest BCUT2D eigenvalue weighted by atomic mass is 9.32. The van der Waals surface area contributed by atoms with Crippen LogP contribution in [0.25, 0.3) is 0 Å². The molecule has 8 fully saturated rings. The molecule has 5 saturated carbocycles. The van der Waals surface area contributed by atoms with Crippen LogP contribution < -0.4 is 0 Å². The van der Waals surface area contributed by atoms with Crippen molar-refractivity contribution in [2.24, 2.45) is 56.7 Å². The lowest BCUT2D eigenvalue weighted by Crippen LogP contribution is -2.68. The van der Waals surface area contributed by atoms with Gasteiger partial charge in [0.25, 0.3) is 0 Å². The zero-order valence-corrected chi connectivity index (χ0v) is 39.3. The van der Waals surface area contributed by atoms with Crippen molar-refractivity contribution >= 4 is 5.97 Å². The Bertz CT molecular complexity index is 1770. The van der Waals surface area contributed by atoms with E-state index in [9.17, 15) is 61.0 Å². The maximum absolute atomic E-state index is 15.0. The number of carbonyl (C=O) groups is 1. The van der Waals surface area contributed by atoms with Gasteiger partial charge >= 0.3 is 5.97 Å². The van der Waals surface area contributed by atoms with E-state index in [0.29, 0.717) is 25.2 Å². The predicted molar refractivity (Wildman–Crippen MR) is 230 cm³/mol. The van der Waals surface area contributed by atoms with Crippen molar-refractivity contribution in [2.75, 3.05) is 19.8 Å². The smallest absolute Gasteiger partial charge is 0.314 e. The van der Waals surface area contributed by atoms with Crippen LogP contribution in [0.15, 0.2) is 12.2 Å². The monoisotopic (exact) mass is 943 g/mol. The van der Waals surface area contributed by atoms with Crippen LogP contribution in [0.5, 0.6) is 0 Å². The van der Waals surface area contributed by atoms with Crippen molar-refractivity contribution in [3.8, 4) is 0 Å². The Hall–Kier alpha value is -1.43. The second-order valence-electron chi connectivity index (χ2n) is 22.8. The molecule has 18 nitrogen and oxygen atoms in total. The molecule has 18 heteroatoms. The third-order valence-electron chi connectivity index (χ3n) is 19.8. The molecular formula is C48H78O18. The number of allylic oxidation sites excluding steroid dienone is 1. The average Bonchev–Trinajstić information content (AvgIpc) is 3.69. The van der Waals surface area contributed by atoms with Crippen molar-refractivity contribution in [2.45, 2.75) is 204 Å². The van der Waals surface area contributed by atoms with Gasteiger partial charge in [-0.15, -0.1) is 0 Å². The molecule has 0 aromatic carbocycles. The Labute approximate surface area is 387 Å². The quantitative estimate of drug-likeness (QED) is 0.101. The molecule has 0 aromatic rings. The maximum Gasteiger partial charge on any atom is 0.314 e. The largest absolute Gasteiger partial charge is 0.432 e. The number of fused-ring (bicyclic) bond motifs is 7. The molecule has 8 rings (SSSR count). The van der Waals surface area contributed by atoms with Gasteiger partial charge in [0.1, 0.15) is 67.1 Å². The minimum absolute atomic E-state index is 0.0378. The molecule has 11 N–H and O–H groups in total. The zero-order valence-electron chi connectivity index (χ0n) is 39.3. The normalized spacial score (nSPS) is 56.0. The number of aliphatic hydroxyl groups is 11. The van der Waals surface area contributed by atoms with Crippen molar-refractivity contribution in [1.82, 2.24) is 0 Å². The number of carbonyl (C=O) groups excluding carboxylic acids is 1. The summed E-state index contributed by atoms with van der Waals surface area (Å²) in [5, 5.41) is 118. The molecule has 5 aliphatic carbocycles. The van der Waals surface area contributed by atoms with Gasteiger partial charge in [-0.2, -0.15) is 0 Å². The number of hydrogen-bond acceptors (Lipinski definition) is 18. The molecule has 1 unspecified atom stereocenters. The molecule has 0 bridgehead atoms. The molecule has 0 amide bonds. The Morgan fingerprint density at radius 2 is 1.30 bits per heavy atom. The van der Waals surface area contributed by atoms with E-state index in [1.807, 2.05) is 6.92 Å². The highest BCUT2D eigenvalue weighted by Crippen LogP contribution is 2.77. The Morgan fingerprint density at radius 1 is 0.652 bits per heavy atom. The van der Waals surface area contributed by atoms with E-state index in [1.54, 1.807) is 0 Å². The van der Waals surface area contributed by atoms with Crippen LogP contribution in [0.4, 0.5) is 0 Å². The first-order valence-corrected chi connectivity index (χ1v) is 24.4. The average molecular weight is 943 g/mol. The fourth-order valence-corrected chi connectivity index (χ4v) is 15.7. The van der Waals surface area contributed by atoms with Gasteiger partial charge in [-0.05, 0) is 124 Å². The zero-order chi connectivity index (χ0) is 48.2. The van der Waals surface area contributed by atoms with Crippen LogP contribution >= 0.6 is 0 Å². The topological polar surface area (TPSA) is 295 Å². The van der Waals surface area contributed by atoms with Gasteiger partial charge in [-0.1, -0.05) is 39.8 Å². The van der Waals surface area contributed by atoms with Gasteiger partial charge in [-0.3, -0.25) is 4.79 Å². The third kappa shape index (κ3) is 7.69. The molecule has 0 radical (unpaired) electrons. The lowest BCUT2D eigenvalue weighted by Gasteiger charge is -2.72. The van der Waals surface area contributed by atoms with Crippen LogP contribution in [0.2, 0.25) is 0 Å². The number of rotatable bonds is 10. The Kier molecular flexibility index (Phi) is 14.1. The number of ether oxygens (including phenoxy) is 6. The molecule has 0 aromatic heterocycles. The van der Waals surface area contributed by atoms with Crippen molar-refractivity contribution in [3.05, 3.63) is 12.2 Å². The second-order valence-corrected chi connectivity index (χ2v) is 22.8. The van der Waals surface area contributed by atoms with E-state index in [4.69, 9.17) is 28.4 Å². The molecule has 378 valence electrons. The fourth-order valence-electron chi connectivity index (χ4n) is 15.7. The van der Waals surface area contributed by atoms with Crippen LogP contribution in [-0.4, -0.2) is 180 Å². The van der Waals surface area contributed by atoms with E-state index in [-0.39, 0.29) is 46.5 Å². The highest BCUT2D eigenvalue weighted by molar-refractivity contribution is 5.78. The summed E-state index contributed by atoms with van der Waals surface area (Å²) in [5.74, 6) is 0.0482. The van der Waals surface area contributed by atoms with Gasteiger partial charge in [0.2, 0.25) is 6.29 Å². The first-order chi connectivity index (χ1) is 30.9. The minimum Gasteiger partial charge on any atom is -0.432 e. The highest BCUT2D eigenvalue weighted by Gasteiger charge is 2.73. The van der Waals surface area contributed by atoms with E-state index < -0.39 is 128 Å². The van der Waals surface area contributed by atoms with Gasteiger partial charge in [0, 0.05) is 5.41 Å². The summed E-state index contributed by atoms with van der Waals surface area (Å²) in [6.07, 6.45) is -16.9. The van der Waals surface area contributed by atoms with Gasteiger partial charge in [0.15, 0.2) is 12.6 Å². The molecule has 3 saturated heterocycles. The number of esters is 1. The highest BCUT2D eigenvalue weighted by atomic mass is 16.8. The van der Waals surface area contributed by atoms with Gasteiger partial charge in [-0.25, -0.2) is 0 Å². The SMILES string of the molecule is C=C(C)[C@@H]1CC[C@]2(C(=O)O[C@@H]3O[C@H](CO[C@@H]4O[C@H](CO)[C@@H](O[C@@H]5O[C@@H](C)[C@H](O)[C@@H](O)[C@H]5O)[C@H](O)[C@H]4O)[C@@H](O)[C@H](O)[C@H]3O)CC[C@@]3(C)[C@H](CC[C@@H]4[C@@]5(C)CCC(O)[C@@](C)(CO)[C@@H]5CC[C@]43C)[C@@H]12. The van der Waals surface area contributed by atoms with Crippen LogP contribution in [-0.2, 0) is 33.2 Å². The maximum atomic E-state index is 15.0. The molecule has 66 heavy (non-hydrogen) atoms. The standard InChI is InChI=1S/C48H78O18/c1-21(2)23-10-15-48(17-16-46(6)24(30(23)48)8-9-28-44(4)13-12-29(51)45(5,20-50)27(44)11-14-47(28,46)7)43(60)66-42-37(58)34(55)32(53)26(64-42)19-61-40-38(59)35(56)39(25(18-49)63-40)65-41-36(57)33(54)31(52)22(3)62-41/h22-42,49-59H,1,8-20H2,2-7H3/t22-,23-,24+,25+,26+,27+,28+,29?,30+,31-,32+,33+,34-,35+,36+,37+,38+,39+,40+,41-,42-,44-,45-,46-,47+,48-/m0/s1. The summed E-state index contributed by atoms with van der Waals surface area (Å²) in [4.78, 5) is 15.0. The first-order valence-electron chi connectivity index (χ1n) is 24.4. The van der Waals surface area contributed by atoms with Crippen molar-refractivity contribution in [1.29, 1.82) is 0 Å². The molecule has 0 spiro atoms. The summed E-state index contributed by atoms with van der Waals surface area (Å²) in [7, 11) is 0. The number of hydrogen-bond donors (Lipinski definition) is 11. The van der Waals surface area contributed by atoms with Gasteiger partial charge in [0.05, 0.1) is 37.4 Å². The van der Waals surface area contributed by atoms with E-state index in [0.717, 1.165) is 50.5 Å². The fraction of sp³-hybridized carbons (Fsp3) is 0.938. The van der Waals surface area contributed by atoms with Crippen molar-refractivity contribution < 1.29 is 89.4 Å². The molecule has 3 aliphatic heterocycles. The van der Waals surface area contributed by atoms with E-state index in [2.05, 4.69) is 34.3 Å². The van der Waals surface area contributed by atoms with Crippen LogP contribution in [0, 0.1) is 56.7 Å². The van der Waals surface area contributed by atoms with E-state index >= 15 is 0 Å². The van der Waals surface area contributed by atoms with Crippen LogP contribution in [0.3, 0.4) is 0 Å². The third-order valence-corrected chi connectivity index (χ3v) is 19.8. The molecule has 3 heterocycles. The lowest BCUT2D eigenvalue weighted by molar-refractivity contribution is -0.361. The first kappa shape index (κ1) is 50.9. The van der Waals surface area contributed by atoms with Crippen molar-refractivity contribution in [3.63, 3.8) is 0 Å². The minimum atomic E-state index is -1.85.